The van der Waals surface area contributed by atoms with Crippen molar-refractivity contribution in [3.05, 3.63) is 65.4 Å². The van der Waals surface area contributed by atoms with Crippen LogP contribution in [0.2, 0.25) is 0 Å². The molecule has 0 radical (unpaired) electrons. The predicted molar refractivity (Wildman–Crippen MR) is 101 cm³/mol. The lowest BCUT2D eigenvalue weighted by atomic mass is 10.1. The van der Waals surface area contributed by atoms with Crippen molar-refractivity contribution in [2.24, 2.45) is 0 Å². The van der Waals surface area contributed by atoms with Crippen molar-refractivity contribution in [1.82, 2.24) is 19.4 Å². The molecule has 26 heavy (non-hydrogen) atoms. The first kappa shape index (κ1) is 15.3. The molecule has 0 saturated heterocycles. The van der Waals surface area contributed by atoms with Gasteiger partial charge in [-0.2, -0.15) is 0 Å². The van der Waals surface area contributed by atoms with Gasteiger partial charge in [-0.1, -0.05) is 12.1 Å². The Hall–Kier alpha value is -2.95. The summed E-state index contributed by atoms with van der Waals surface area (Å²) in [5.74, 6) is 0.957. The second kappa shape index (κ2) is 6.09. The molecule has 0 aliphatic carbocycles. The highest BCUT2D eigenvalue weighted by Gasteiger charge is 2.18. The van der Waals surface area contributed by atoms with E-state index in [0.29, 0.717) is 0 Å². The Balaban J connectivity index is 1.46. The summed E-state index contributed by atoms with van der Waals surface area (Å²) in [5, 5.41) is 0. The Kier molecular flexibility index (Phi) is 3.59. The van der Waals surface area contributed by atoms with E-state index in [0.717, 1.165) is 66.1 Å². The molecule has 0 N–H and O–H groups in total. The summed E-state index contributed by atoms with van der Waals surface area (Å²) < 4.78 is 8.05. The van der Waals surface area contributed by atoms with E-state index in [-0.39, 0.29) is 0 Å². The van der Waals surface area contributed by atoms with E-state index < -0.39 is 0 Å². The minimum absolute atomic E-state index is 0.778. The molecular formula is C21H20N4O. The van der Waals surface area contributed by atoms with Gasteiger partial charge in [0.15, 0.2) is 11.4 Å². The van der Waals surface area contributed by atoms with Crippen molar-refractivity contribution in [3.8, 4) is 5.75 Å². The van der Waals surface area contributed by atoms with Crippen molar-refractivity contribution in [3.63, 3.8) is 0 Å². The first-order valence-corrected chi connectivity index (χ1v) is 9.12. The molecule has 0 bridgehead atoms. The van der Waals surface area contributed by atoms with E-state index in [1.165, 1.54) is 11.3 Å². The number of pyridine rings is 1. The quantitative estimate of drug-likeness (QED) is 0.569. The van der Waals surface area contributed by atoms with Gasteiger partial charge < -0.3 is 9.14 Å². The lowest BCUT2D eigenvalue weighted by Gasteiger charge is -2.17. The molecule has 0 spiro atoms. The lowest BCUT2D eigenvalue weighted by Crippen LogP contribution is -2.09. The fourth-order valence-corrected chi connectivity index (χ4v) is 3.68. The average Bonchev–Trinajstić information content (AvgIpc) is 3.02. The average molecular weight is 344 g/mol. The Bertz CT molecular complexity index is 1120. The molecular weight excluding hydrogens is 324 g/mol. The van der Waals surface area contributed by atoms with E-state index in [2.05, 4.69) is 28.6 Å². The molecule has 4 aromatic rings. The maximum atomic E-state index is 5.91. The zero-order valence-electron chi connectivity index (χ0n) is 14.8. The van der Waals surface area contributed by atoms with Gasteiger partial charge in [0, 0.05) is 18.1 Å². The number of nitrogens with zero attached hydrogens (tertiary/aromatic N) is 4. The van der Waals surface area contributed by atoms with Crippen LogP contribution in [0.15, 0.2) is 42.7 Å². The number of benzene rings is 1. The van der Waals surface area contributed by atoms with Crippen molar-refractivity contribution >= 4 is 16.7 Å². The van der Waals surface area contributed by atoms with Gasteiger partial charge in [-0.3, -0.25) is 4.98 Å². The summed E-state index contributed by atoms with van der Waals surface area (Å²) in [4.78, 5) is 14.1. The molecule has 1 aliphatic rings. The van der Waals surface area contributed by atoms with Crippen LogP contribution in [0.25, 0.3) is 16.7 Å². The normalized spacial score (nSPS) is 13.7. The molecule has 0 unspecified atom stereocenters. The van der Waals surface area contributed by atoms with E-state index in [1.807, 2.05) is 30.5 Å². The Labute approximate surface area is 151 Å². The Morgan fingerprint density at radius 3 is 2.88 bits per heavy atom. The lowest BCUT2D eigenvalue weighted by molar-refractivity contribution is 0.290. The van der Waals surface area contributed by atoms with Gasteiger partial charge in [-0.25, -0.2) is 9.97 Å². The van der Waals surface area contributed by atoms with E-state index in [1.54, 1.807) is 0 Å². The number of hydrogen-bond acceptors (Lipinski definition) is 4. The number of fused-ring (bicyclic) bond motifs is 4. The third-order valence-electron chi connectivity index (χ3n) is 5.12. The molecule has 5 rings (SSSR count). The minimum atomic E-state index is 0.778. The van der Waals surface area contributed by atoms with Gasteiger partial charge >= 0.3 is 0 Å². The fraction of sp³-hybridized carbons (Fsp3) is 0.286. The summed E-state index contributed by atoms with van der Waals surface area (Å²) in [6.07, 6.45) is 7.81. The highest BCUT2D eigenvalue weighted by Crippen LogP contribution is 2.30. The largest absolute Gasteiger partial charge is 0.489 e. The highest BCUT2D eigenvalue weighted by molar-refractivity contribution is 5.73. The first-order chi connectivity index (χ1) is 12.8. The van der Waals surface area contributed by atoms with Gasteiger partial charge in [-0.05, 0) is 56.4 Å². The maximum Gasteiger partial charge on any atom is 0.180 e. The zero-order chi connectivity index (χ0) is 17.5. The minimum Gasteiger partial charge on any atom is -0.489 e. The predicted octanol–water partition coefficient (Wildman–Crippen LogP) is 3.70. The number of rotatable bonds is 3. The van der Waals surface area contributed by atoms with Gasteiger partial charge in [0.25, 0.3) is 0 Å². The summed E-state index contributed by atoms with van der Waals surface area (Å²) in [6, 6.07) is 10.1. The molecule has 4 heterocycles. The molecule has 0 atom stereocenters. The molecule has 1 aromatic carbocycles. The molecule has 0 fully saturated rings. The van der Waals surface area contributed by atoms with Gasteiger partial charge in [0.1, 0.15) is 0 Å². The summed E-state index contributed by atoms with van der Waals surface area (Å²) >= 11 is 0. The Morgan fingerprint density at radius 1 is 1.08 bits per heavy atom. The number of para-hydroxylation sites is 2. The molecule has 130 valence electrons. The molecule has 0 saturated carbocycles. The molecule has 3 aromatic heterocycles. The van der Waals surface area contributed by atoms with Crippen molar-refractivity contribution in [2.75, 3.05) is 6.61 Å². The monoisotopic (exact) mass is 344 g/mol. The van der Waals surface area contributed by atoms with Crippen LogP contribution >= 0.6 is 0 Å². The Morgan fingerprint density at radius 2 is 1.96 bits per heavy atom. The van der Waals surface area contributed by atoms with E-state index >= 15 is 0 Å². The molecule has 5 nitrogen and oxygen atoms in total. The van der Waals surface area contributed by atoms with Crippen LogP contribution in [-0.2, 0) is 19.3 Å². The number of aromatic nitrogens is 4. The SMILES string of the molecule is Cc1c(CCc2cnc3ccccc3n2)nc2c3c(ccn12)CCCO3. The van der Waals surface area contributed by atoms with Crippen LogP contribution < -0.4 is 4.74 Å². The first-order valence-electron chi connectivity index (χ1n) is 9.12. The van der Waals surface area contributed by atoms with Crippen LogP contribution in [0.1, 0.15) is 29.1 Å². The van der Waals surface area contributed by atoms with Crippen LogP contribution in [0.3, 0.4) is 0 Å². The standard InChI is InChI=1S/C21H20N4O/c1-14-17(9-8-16-13-22-18-6-2-3-7-19(18)23-16)24-21-20-15(5-4-12-26-20)10-11-25(14)21/h2-3,6-7,10-11,13H,4-5,8-9,12H2,1H3. The van der Waals surface area contributed by atoms with Crippen molar-refractivity contribution in [1.29, 1.82) is 0 Å². The van der Waals surface area contributed by atoms with Crippen LogP contribution in [0, 0.1) is 6.92 Å². The van der Waals surface area contributed by atoms with Crippen LogP contribution in [0.4, 0.5) is 0 Å². The van der Waals surface area contributed by atoms with Crippen LogP contribution in [-0.4, -0.2) is 26.0 Å². The van der Waals surface area contributed by atoms with Crippen molar-refractivity contribution in [2.45, 2.75) is 32.6 Å². The van der Waals surface area contributed by atoms with Gasteiger partial charge in [0.05, 0.1) is 29.0 Å². The number of aryl methyl sites for hydroxylation is 4. The number of imidazole rings is 1. The summed E-state index contributed by atoms with van der Waals surface area (Å²) in [5.41, 5.74) is 7.36. The number of hydrogen-bond donors (Lipinski definition) is 0. The second-order valence-electron chi connectivity index (χ2n) is 6.81. The van der Waals surface area contributed by atoms with E-state index in [9.17, 15) is 0 Å². The summed E-state index contributed by atoms with van der Waals surface area (Å²) in [7, 11) is 0. The van der Waals surface area contributed by atoms with Crippen molar-refractivity contribution < 1.29 is 4.74 Å². The number of ether oxygens (including phenoxy) is 1. The third-order valence-corrected chi connectivity index (χ3v) is 5.12. The fourth-order valence-electron chi connectivity index (χ4n) is 3.68. The third kappa shape index (κ3) is 2.51. The van der Waals surface area contributed by atoms with Gasteiger partial charge in [-0.15, -0.1) is 0 Å². The van der Waals surface area contributed by atoms with Crippen LogP contribution in [0.5, 0.6) is 5.75 Å². The second-order valence-corrected chi connectivity index (χ2v) is 6.81. The summed E-state index contributed by atoms with van der Waals surface area (Å²) in [6.45, 7) is 2.90. The smallest absolute Gasteiger partial charge is 0.180 e. The molecule has 5 heteroatoms. The maximum absolute atomic E-state index is 5.91. The zero-order valence-corrected chi connectivity index (χ0v) is 14.8. The molecule has 1 aliphatic heterocycles. The van der Waals surface area contributed by atoms with Gasteiger partial charge in [0.2, 0.25) is 0 Å². The van der Waals surface area contributed by atoms with E-state index in [4.69, 9.17) is 14.7 Å². The molecule has 0 amide bonds. The topological polar surface area (TPSA) is 52.3 Å². The highest BCUT2D eigenvalue weighted by atomic mass is 16.5.